The van der Waals surface area contributed by atoms with Crippen molar-refractivity contribution in [2.24, 2.45) is 0 Å². The van der Waals surface area contributed by atoms with Gasteiger partial charge in [0, 0.05) is 39.1 Å². The number of hydrogen-bond acceptors (Lipinski definition) is 6. The molecule has 0 aromatic rings. The van der Waals surface area contributed by atoms with Gasteiger partial charge in [0.25, 0.3) is 0 Å². The summed E-state index contributed by atoms with van der Waals surface area (Å²) in [6.45, 7) is 7.16. The number of carbonyl (C=O) groups is 4. The Labute approximate surface area is 155 Å². The van der Waals surface area contributed by atoms with E-state index in [2.05, 4.69) is 16.0 Å². The van der Waals surface area contributed by atoms with Crippen molar-refractivity contribution in [1.82, 2.24) is 20.9 Å². The zero-order valence-electron chi connectivity index (χ0n) is 16.4. The van der Waals surface area contributed by atoms with Gasteiger partial charge in [-0.05, 0) is 27.8 Å². The first-order valence-electron chi connectivity index (χ1n) is 8.85. The minimum Gasteiger partial charge on any atom is -0.381 e. The Balaban J connectivity index is 0.000000508. The highest BCUT2D eigenvalue weighted by atomic mass is 16.5. The Morgan fingerprint density at radius 3 is 2.31 bits per heavy atom. The zero-order valence-corrected chi connectivity index (χ0v) is 16.4. The van der Waals surface area contributed by atoms with Crippen molar-refractivity contribution in [1.29, 1.82) is 0 Å². The third kappa shape index (κ3) is 9.47. The molecule has 150 valence electrons. The molecule has 3 N–H and O–H groups in total. The van der Waals surface area contributed by atoms with Gasteiger partial charge in [0.15, 0.2) is 0 Å². The molecule has 1 unspecified atom stereocenters. The Kier molecular flexibility index (Phi) is 12.2. The Hall–Kier alpha value is -2.00. The number of likely N-dealkylation sites (N-methyl/N-ethyl adjacent to an activating group) is 1. The molecule has 0 saturated carbocycles. The summed E-state index contributed by atoms with van der Waals surface area (Å²) in [7, 11) is 3.16. The number of carbonyl (C=O) groups excluding carboxylic acids is 4. The summed E-state index contributed by atoms with van der Waals surface area (Å²) in [4.78, 5) is 46.0. The zero-order chi connectivity index (χ0) is 20.1. The molecule has 9 nitrogen and oxygen atoms in total. The lowest BCUT2D eigenvalue weighted by molar-refractivity contribution is -0.139. The van der Waals surface area contributed by atoms with Crippen molar-refractivity contribution >= 4 is 23.6 Å². The van der Waals surface area contributed by atoms with Crippen molar-refractivity contribution in [3.05, 3.63) is 0 Å². The Morgan fingerprint density at radius 1 is 1.19 bits per heavy atom. The summed E-state index contributed by atoms with van der Waals surface area (Å²) in [5.41, 5.74) is 0. The smallest absolute Gasteiger partial charge is 0.246 e. The van der Waals surface area contributed by atoms with Crippen LogP contribution in [0.3, 0.4) is 0 Å². The van der Waals surface area contributed by atoms with Crippen LogP contribution in [0.25, 0.3) is 0 Å². The minimum atomic E-state index is -0.429. The molecule has 4 amide bonds. The maximum atomic E-state index is 11.6. The van der Waals surface area contributed by atoms with E-state index in [0.717, 1.165) is 4.90 Å². The number of rotatable bonds is 9. The van der Waals surface area contributed by atoms with Gasteiger partial charge in [0.1, 0.15) is 0 Å². The van der Waals surface area contributed by atoms with E-state index in [0.29, 0.717) is 19.6 Å². The first-order chi connectivity index (χ1) is 12.3. The summed E-state index contributed by atoms with van der Waals surface area (Å²) in [5.74, 6) is -0.577. The van der Waals surface area contributed by atoms with Crippen LogP contribution in [0, 0.1) is 0 Å². The van der Waals surface area contributed by atoms with Gasteiger partial charge in [0.2, 0.25) is 23.6 Å². The van der Waals surface area contributed by atoms with Gasteiger partial charge in [0.05, 0.1) is 19.1 Å². The molecule has 0 bridgehead atoms. The van der Waals surface area contributed by atoms with Crippen molar-refractivity contribution < 1.29 is 23.9 Å². The lowest BCUT2D eigenvalue weighted by Gasteiger charge is -2.13. The average molecular weight is 372 g/mol. The van der Waals surface area contributed by atoms with Crippen LogP contribution in [0.5, 0.6) is 0 Å². The van der Waals surface area contributed by atoms with Gasteiger partial charge in [-0.3, -0.25) is 24.1 Å². The van der Waals surface area contributed by atoms with Crippen LogP contribution < -0.4 is 16.0 Å². The molecule has 1 atom stereocenters. The quantitative estimate of drug-likeness (QED) is 0.368. The largest absolute Gasteiger partial charge is 0.381 e. The summed E-state index contributed by atoms with van der Waals surface area (Å²) in [5, 5.41) is 7.99. The fourth-order valence-electron chi connectivity index (χ4n) is 2.19. The third-order valence-corrected chi connectivity index (χ3v) is 3.56. The second kappa shape index (κ2) is 13.2. The van der Waals surface area contributed by atoms with E-state index >= 15 is 0 Å². The number of imide groups is 1. The molecular formula is C17H32N4O5. The predicted molar refractivity (Wildman–Crippen MR) is 97.3 cm³/mol. The van der Waals surface area contributed by atoms with Gasteiger partial charge in [-0.2, -0.15) is 0 Å². The molecule has 1 aliphatic heterocycles. The number of ether oxygens (including phenoxy) is 1. The molecule has 0 spiro atoms. The molecular weight excluding hydrogens is 340 g/mol. The first-order valence-corrected chi connectivity index (χ1v) is 8.85. The fraction of sp³-hybridized carbons (Fsp3) is 0.765. The van der Waals surface area contributed by atoms with Crippen molar-refractivity contribution in [3.8, 4) is 0 Å². The van der Waals surface area contributed by atoms with Gasteiger partial charge >= 0.3 is 0 Å². The normalized spacial score (nSPS) is 16.4. The Bertz CT molecular complexity index is 482. The third-order valence-electron chi connectivity index (χ3n) is 3.56. The standard InChI is InChI=1S/C9H15N3O3.C8H17NO2/c1-10-6-5-8(14)12(9(6)15)4-3-7(13)11-2;1-4-11-6-5-8(10)9-7(2)3/h6,10H,3-5H2,1-2H3,(H,11,13);7H,4-6H2,1-3H3,(H,9,10). The van der Waals surface area contributed by atoms with Crippen LogP contribution in [0.2, 0.25) is 0 Å². The molecule has 0 radical (unpaired) electrons. The molecule has 1 heterocycles. The molecule has 0 aromatic carbocycles. The topological polar surface area (TPSA) is 117 Å². The summed E-state index contributed by atoms with van der Waals surface area (Å²) < 4.78 is 5.02. The monoisotopic (exact) mass is 372 g/mol. The summed E-state index contributed by atoms with van der Waals surface area (Å²) in [6, 6.07) is -0.202. The number of likely N-dealkylation sites (tertiary alicyclic amines) is 1. The number of amides is 4. The molecule has 0 aliphatic carbocycles. The number of hydrogen-bond donors (Lipinski definition) is 3. The van der Waals surface area contributed by atoms with E-state index in [9.17, 15) is 19.2 Å². The van der Waals surface area contributed by atoms with E-state index in [-0.39, 0.29) is 49.1 Å². The van der Waals surface area contributed by atoms with Crippen molar-refractivity contribution in [3.63, 3.8) is 0 Å². The van der Waals surface area contributed by atoms with Crippen LogP contribution >= 0.6 is 0 Å². The highest BCUT2D eigenvalue weighted by Gasteiger charge is 2.37. The molecule has 9 heteroatoms. The Morgan fingerprint density at radius 2 is 1.85 bits per heavy atom. The van der Waals surface area contributed by atoms with Crippen molar-refractivity contribution in [2.75, 3.05) is 33.9 Å². The summed E-state index contributed by atoms with van der Waals surface area (Å²) >= 11 is 0. The first kappa shape index (κ1) is 24.0. The molecule has 1 saturated heterocycles. The van der Waals surface area contributed by atoms with E-state index < -0.39 is 6.04 Å². The molecule has 1 rings (SSSR count). The highest BCUT2D eigenvalue weighted by molar-refractivity contribution is 6.05. The molecule has 1 aliphatic rings. The van der Waals surface area contributed by atoms with E-state index in [1.165, 1.54) is 7.05 Å². The SMILES string of the molecule is CCOCCC(=O)NC(C)C.CNC(=O)CCN1C(=O)CC(NC)C1=O. The van der Waals surface area contributed by atoms with Gasteiger partial charge in [-0.1, -0.05) is 0 Å². The lowest BCUT2D eigenvalue weighted by atomic mass is 10.2. The van der Waals surface area contributed by atoms with Gasteiger partial charge in [-0.25, -0.2) is 0 Å². The van der Waals surface area contributed by atoms with Gasteiger partial charge in [-0.15, -0.1) is 0 Å². The van der Waals surface area contributed by atoms with Crippen LogP contribution in [0.1, 0.15) is 40.0 Å². The van der Waals surface area contributed by atoms with E-state index in [4.69, 9.17) is 4.74 Å². The maximum Gasteiger partial charge on any atom is 0.246 e. The second-order valence-electron chi connectivity index (χ2n) is 6.02. The number of nitrogens with zero attached hydrogens (tertiary/aromatic N) is 1. The molecule has 0 aromatic heterocycles. The van der Waals surface area contributed by atoms with Gasteiger partial charge < -0.3 is 20.7 Å². The fourth-order valence-corrected chi connectivity index (χ4v) is 2.19. The van der Waals surface area contributed by atoms with E-state index in [1.54, 1.807) is 7.05 Å². The maximum absolute atomic E-state index is 11.6. The van der Waals surface area contributed by atoms with Crippen LogP contribution in [0.15, 0.2) is 0 Å². The second-order valence-corrected chi connectivity index (χ2v) is 6.02. The molecule has 26 heavy (non-hydrogen) atoms. The molecule has 1 fully saturated rings. The predicted octanol–water partition coefficient (Wildman–Crippen LogP) is -0.593. The van der Waals surface area contributed by atoms with Crippen LogP contribution in [-0.2, 0) is 23.9 Å². The lowest BCUT2D eigenvalue weighted by Crippen LogP contribution is -2.38. The average Bonchev–Trinajstić information content (AvgIpc) is 2.86. The highest BCUT2D eigenvalue weighted by Crippen LogP contribution is 2.12. The minimum absolute atomic E-state index is 0.0634. The van der Waals surface area contributed by atoms with Crippen molar-refractivity contribution in [2.45, 2.75) is 52.1 Å². The number of nitrogens with one attached hydrogen (secondary N) is 3. The van der Waals surface area contributed by atoms with Crippen LogP contribution in [0.4, 0.5) is 0 Å². The summed E-state index contributed by atoms with van der Waals surface area (Å²) in [6.07, 6.45) is 0.805. The van der Waals surface area contributed by atoms with E-state index in [1.807, 2.05) is 20.8 Å². The van der Waals surface area contributed by atoms with Crippen LogP contribution in [-0.4, -0.2) is 74.5 Å².